The lowest BCUT2D eigenvalue weighted by Gasteiger charge is -1.92. The van der Waals surface area contributed by atoms with Crippen LogP contribution >= 0.6 is 12.8 Å². The first-order valence-electron chi connectivity index (χ1n) is 3.21. The van der Waals surface area contributed by atoms with Crippen LogP contribution in [0.1, 0.15) is 15.9 Å². The number of thiol groups is 1. The lowest BCUT2D eigenvalue weighted by atomic mass is 10.1. The molecule has 1 aromatic carbocycles. The van der Waals surface area contributed by atoms with Gasteiger partial charge in [-0.1, -0.05) is 18.2 Å². The Labute approximate surface area is 71.2 Å². The first-order chi connectivity index (χ1) is 5.25. The zero-order valence-corrected chi connectivity index (χ0v) is 7.01. The SMILES string of the molecule is Cc1ccccc1C(=O)[N+]S. The van der Waals surface area contributed by atoms with Crippen molar-refractivity contribution in [3.8, 4) is 0 Å². The molecule has 0 aliphatic rings. The Balaban J connectivity index is 3.03. The van der Waals surface area contributed by atoms with Crippen molar-refractivity contribution in [1.82, 2.24) is 4.72 Å². The number of carbonyl (C=O) groups is 1. The van der Waals surface area contributed by atoms with Gasteiger partial charge < -0.3 is 0 Å². The molecule has 0 spiro atoms. The summed E-state index contributed by atoms with van der Waals surface area (Å²) in [5, 5.41) is 0. The molecule has 0 unspecified atom stereocenters. The lowest BCUT2D eigenvalue weighted by molar-refractivity contribution is 0.0981. The monoisotopic (exact) mass is 166 g/mol. The number of hydrogen-bond donors (Lipinski definition) is 1. The van der Waals surface area contributed by atoms with E-state index in [4.69, 9.17) is 0 Å². The van der Waals surface area contributed by atoms with Crippen LogP contribution in [0.4, 0.5) is 0 Å². The van der Waals surface area contributed by atoms with E-state index >= 15 is 0 Å². The molecule has 0 atom stereocenters. The fourth-order valence-electron chi connectivity index (χ4n) is 0.867. The summed E-state index contributed by atoms with van der Waals surface area (Å²) in [6, 6.07) is 7.29. The fraction of sp³-hybridized carbons (Fsp3) is 0.125. The van der Waals surface area contributed by atoms with E-state index in [1.165, 1.54) is 0 Å². The number of rotatable bonds is 1. The molecular weight excluding hydrogens is 158 g/mol. The van der Waals surface area contributed by atoms with E-state index in [1.807, 2.05) is 19.1 Å². The first-order valence-corrected chi connectivity index (χ1v) is 3.61. The number of aryl methyl sites for hydroxylation is 1. The van der Waals surface area contributed by atoms with Crippen molar-refractivity contribution < 1.29 is 4.79 Å². The Hall–Kier alpha value is -0.800. The van der Waals surface area contributed by atoms with Crippen molar-refractivity contribution in [3.05, 3.63) is 35.4 Å². The molecule has 1 amide bonds. The van der Waals surface area contributed by atoms with Crippen LogP contribution in [-0.2, 0) is 0 Å². The highest BCUT2D eigenvalue weighted by molar-refractivity contribution is 7.78. The van der Waals surface area contributed by atoms with Gasteiger partial charge in [-0.15, -0.1) is 0 Å². The summed E-state index contributed by atoms with van der Waals surface area (Å²) in [5.74, 6) is -0.286. The summed E-state index contributed by atoms with van der Waals surface area (Å²) in [7, 11) is 0. The molecule has 3 heteroatoms. The average molecular weight is 166 g/mol. The molecule has 0 bridgehead atoms. The van der Waals surface area contributed by atoms with Gasteiger partial charge in [-0.25, -0.2) is 4.79 Å². The minimum absolute atomic E-state index is 0.286. The van der Waals surface area contributed by atoms with Gasteiger partial charge in [0.1, 0.15) is 0 Å². The van der Waals surface area contributed by atoms with Gasteiger partial charge in [0.05, 0.1) is 5.56 Å². The van der Waals surface area contributed by atoms with Crippen LogP contribution in [0.25, 0.3) is 0 Å². The van der Waals surface area contributed by atoms with Crippen LogP contribution in [0.15, 0.2) is 24.3 Å². The highest BCUT2D eigenvalue weighted by atomic mass is 32.1. The predicted octanol–water partition coefficient (Wildman–Crippen LogP) is 1.58. The van der Waals surface area contributed by atoms with Gasteiger partial charge in [-0.2, -0.15) is 0 Å². The number of nitrogens with zero attached hydrogens (tertiary/aromatic N) is 1. The van der Waals surface area contributed by atoms with Gasteiger partial charge in [0.15, 0.2) is 12.8 Å². The molecule has 2 radical (unpaired) electrons. The third-order valence-electron chi connectivity index (χ3n) is 1.47. The molecule has 2 nitrogen and oxygen atoms in total. The third kappa shape index (κ3) is 1.82. The van der Waals surface area contributed by atoms with Crippen molar-refractivity contribution in [1.29, 1.82) is 0 Å². The highest BCUT2D eigenvalue weighted by Crippen LogP contribution is 2.06. The van der Waals surface area contributed by atoms with Crippen molar-refractivity contribution in [2.75, 3.05) is 0 Å². The molecule has 0 aliphatic carbocycles. The molecular formula is C8H8NOS+. The Morgan fingerprint density at radius 3 is 2.64 bits per heavy atom. The molecule has 0 saturated carbocycles. The van der Waals surface area contributed by atoms with Crippen LogP contribution in [0.2, 0.25) is 0 Å². The maximum Gasteiger partial charge on any atom is 0.468 e. The van der Waals surface area contributed by atoms with Crippen LogP contribution in [0.5, 0.6) is 0 Å². The standard InChI is InChI=1S/C8H8NOS/c1-6-4-2-3-5-7(6)8(10)9-11/h2-5,11H,1H3/q+1. The van der Waals surface area contributed by atoms with Crippen LogP contribution < -0.4 is 4.72 Å². The molecule has 0 saturated heterocycles. The number of carbonyl (C=O) groups excluding carboxylic acids is 1. The van der Waals surface area contributed by atoms with Gasteiger partial charge in [-0.05, 0) is 18.6 Å². The quantitative estimate of drug-likeness (QED) is 0.631. The summed E-state index contributed by atoms with van der Waals surface area (Å²) >= 11 is 3.55. The van der Waals surface area contributed by atoms with Crippen molar-refractivity contribution >= 4 is 18.7 Å². The Morgan fingerprint density at radius 2 is 2.09 bits per heavy atom. The molecule has 56 valence electrons. The van der Waals surface area contributed by atoms with E-state index < -0.39 is 0 Å². The maximum atomic E-state index is 11.0. The largest absolute Gasteiger partial charge is 0.468 e. The normalized spacial score (nSPS) is 9.64. The highest BCUT2D eigenvalue weighted by Gasteiger charge is 2.19. The van der Waals surface area contributed by atoms with E-state index in [0.717, 1.165) is 5.56 Å². The molecule has 0 heterocycles. The Bertz CT molecular complexity index is 273. The second-order valence-corrected chi connectivity index (χ2v) is 2.42. The molecule has 0 aromatic heterocycles. The minimum atomic E-state index is -0.286. The van der Waals surface area contributed by atoms with Crippen molar-refractivity contribution in [2.24, 2.45) is 0 Å². The van der Waals surface area contributed by atoms with E-state index in [2.05, 4.69) is 17.5 Å². The van der Waals surface area contributed by atoms with Gasteiger partial charge in [0, 0.05) is 0 Å². The zero-order chi connectivity index (χ0) is 8.27. The summed E-state index contributed by atoms with van der Waals surface area (Å²) in [5.41, 5.74) is 1.54. The maximum absolute atomic E-state index is 11.0. The molecule has 1 rings (SSSR count). The summed E-state index contributed by atoms with van der Waals surface area (Å²) < 4.78 is 3.28. The Kier molecular flexibility index (Phi) is 2.68. The number of amides is 1. The molecule has 1 aromatic rings. The fourth-order valence-corrected chi connectivity index (χ4v) is 0.974. The number of benzene rings is 1. The van der Waals surface area contributed by atoms with E-state index in [1.54, 1.807) is 12.1 Å². The first kappa shape index (κ1) is 8.30. The smallest absolute Gasteiger partial charge is 0.212 e. The summed E-state index contributed by atoms with van der Waals surface area (Å²) in [4.78, 5) is 11.0. The van der Waals surface area contributed by atoms with Crippen LogP contribution in [0, 0.1) is 6.92 Å². The zero-order valence-electron chi connectivity index (χ0n) is 6.11. The minimum Gasteiger partial charge on any atom is -0.212 e. The third-order valence-corrected chi connectivity index (χ3v) is 1.65. The molecule has 0 N–H and O–H groups in total. The lowest BCUT2D eigenvalue weighted by Crippen LogP contribution is -2.07. The van der Waals surface area contributed by atoms with Gasteiger partial charge in [0.25, 0.3) is 0 Å². The van der Waals surface area contributed by atoms with Gasteiger partial charge >= 0.3 is 5.91 Å². The second-order valence-electron chi connectivity index (χ2n) is 2.22. The number of hydrogen-bond acceptors (Lipinski definition) is 2. The van der Waals surface area contributed by atoms with Crippen LogP contribution in [0.3, 0.4) is 0 Å². The second kappa shape index (κ2) is 3.55. The topological polar surface area (TPSA) is 31.2 Å². The van der Waals surface area contributed by atoms with E-state index in [0.29, 0.717) is 5.56 Å². The summed E-state index contributed by atoms with van der Waals surface area (Å²) in [6.45, 7) is 1.87. The van der Waals surface area contributed by atoms with Crippen molar-refractivity contribution in [3.63, 3.8) is 0 Å². The van der Waals surface area contributed by atoms with E-state index in [9.17, 15) is 4.79 Å². The molecule has 0 aliphatic heterocycles. The molecule has 11 heavy (non-hydrogen) atoms. The molecule has 0 fully saturated rings. The van der Waals surface area contributed by atoms with Gasteiger partial charge in [0.2, 0.25) is 4.72 Å². The summed E-state index contributed by atoms with van der Waals surface area (Å²) in [6.07, 6.45) is 0. The predicted molar refractivity (Wildman–Crippen MR) is 46.6 cm³/mol. The average Bonchev–Trinajstić information content (AvgIpc) is 2.04. The van der Waals surface area contributed by atoms with E-state index in [-0.39, 0.29) is 5.91 Å². The van der Waals surface area contributed by atoms with Gasteiger partial charge in [-0.3, -0.25) is 0 Å². The van der Waals surface area contributed by atoms with Crippen LogP contribution in [-0.4, -0.2) is 5.91 Å². The van der Waals surface area contributed by atoms with Crippen molar-refractivity contribution in [2.45, 2.75) is 6.92 Å². The Morgan fingerprint density at radius 1 is 1.45 bits per heavy atom.